The first kappa shape index (κ1) is 33.4. The van der Waals surface area contributed by atoms with Crippen LogP contribution in [0.25, 0.3) is 11.1 Å². The number of ether oxygens (including phenoxy) is 2. The molecule has 1 fully saturated rings. The number of nitrogens with zero attached hydrogens (tertiary/aromatic N) is 1. The summed E-state index contributed by atoms with van der Waals surface area (Å²) in [5.41, 5.74) is 3.25. The number of hydrogen-bond donors (Lipinski definition) is 3. The lowest BCUT2D eigenvalue weighted by Gasteiger charge is -2.24. The Morgan fingerprint density at radius 1 is 1.00 bits per heavy atom. The predicted octanol–water partition coefficient (Wildman–Crippen LogP) is 5.06. The minimum Gasteiger partial charge on any atom is -0.490 e. The lowest BCUT2D eigenvalue weighted by atomic mass is 9.97. The number of non-ortho nitro benzene ring substituents is 1. The quantitative estimate of drug-likeness (QED) is 0.131. The number of amides is 2. The Balaban J connectivity index is 1.28. The van der Waals surface area contributed by atoms with Crippen LogP contribution in [0.3, 0.4) is 0 Å². The lowest BCUT2D eigenvalue weighted by molar-refractivity contribution is -0.384. The Morgan fingerprint density at radius 2 is 1.67 bits per heavy atom. The van der Waals surface area contributed by atoms with E-state index in [0.29, 0.717) is 24.2 Å². The fraction of sp³-hybridized carbons (Fsp3) is 0.375. The summed E-state index contributed by atoms with van der Waals surface area (Å²) in [6, 6.07) is 18.3. The topological polar surface area (TPSA) is 174 Å². The number of aliphatic hydroxyl groups is 1. The highest BCUT2D eigenvalue weighted by atomic mass is 32.2. The molecule has 3 N–H and O–H groups in total. The molecule has 0 bridgehead atoms. The molecule has 13 heteroatoms. The first-order chi connectivity index (χ1) is 21.5. The molecule has 1 saturated carbocycles. The second-order valence-electron chi connectivity index (χ2n) is 11.0. The molecule has 2 amide bonds. The maximum atomic E-state index is 12.7. The fourth-order valence-electron chi connectivity index (χ4n) is 5.04. The summed E-state index contributed by atoms with van der Waals surface area (Å²) in [7, 11) is -3.74. The first-order valence-corrected chi connectivity index (χ1v) is 16.6. The fourth-order valence-corrected chi connectivity index (χ4v) is 5.49. The number of alkyl carbamates (subject to hydrolysis) is 1. The normalized spacial score (nSPS) is 14.3. The summed E-state index contributed by atoms with van der Waals surface area (Å²) < 4.78 is 36.8. The van der Waals surface area contributed by atoms with Gasteiger partial charge < -0.3 is 19.9 Å². The number of rotatable bonds is 13. The van der Waals surface area contributed by atoms with Gasteiger partial charge in [-0.2, -0.15) is 0 Å². The number of hydrogen-bond acceptors (Lipinski definition) is 9. The average molecular weight is 640 g/mol. The van der Waals surface area contributed by atoms with Crippen molar-refractivity contribution in [2.24, 2.45) is 0 Å². The van der Waals surface area contributed by atoms with E-state index in [4.69, 9.17) is 9.47 Å². The zero-order chi connectivity index (χ0) is 32.4. The molecule has 12 nitrogen and oxygen atoms in total. The van der Waals surface area contributed by atoms with Crippen LogP contribution in [-0.2, 0) is 21.2 Å². The molecule has 0 radical (unpaired) electrons. The number of carbonyl (C=O) groups is 2. The second-order valence-corrected chi connectivity index (χ2v) is 12.7. The van der Waals surface area contributed by atoms with Crippen molar-refractivity contribution in [3.63, 3.8) is 0 Å². The van der Waals surface area contributed by atoms with Crippen molar-refractivity contribution in [1.29, 1.82) is 0 Å². The third-order valence-electron chi connectivity index (χ3n) is 7.41. The Morgan fingerprint density at radius 3 is 2.31 bits per heavy atom. The average Bonchev–Trinajstić information content (AvgIpc) is 3.02. The predicted molar refractivity (Wildman–Crippen MR) is 167 cm³/mol. The van der Waals surface area contributed by atoms with Gasteiger partial charge in [0.25, 0.3) is 11.6 Å². The van der Waals surface area contributed by atoms with E-state index in [1.165, 1.54) is 24.3 Å². The Bertz CT molecular complexity index is 1590. The summed E-state index contributed by atoms with van der Waals surface area (Å²) >= 11 is 0. The maximum Gasteiger partial charge on any atom is 0.407 e. The van der Waals surface area contributed by atoms with Gasteiger partial charge in [-0.15, -0.1) is 0 Å². The molecule has 1 aliphatic rings. The number of nitro benzene ring substituents is 1. The van der Waals surface area contributed by atoms with Gasteiger partial charge in [0.2, 0.25) is 10.0 Å². The minimum atomic E-state index is -3.74. The van der Waals surface area contributed by atoms with E-state index in [1.807, 2.05) is 29.0 Å². The van der Waals surface area contributed by atoms with Gasteiger partial charge in [0, 0.05) is 12.1 Å². The van der Waals surface area contributed by atoms with Crippen LogP contribution in [0.4, 0.5) is 10.5 Å². The number of aliphatic hydroxyl groups excluding tert-OH is 1. The molecule has 3 aromatic rings. The van der Waals surface area contributed by atoms with E-state index in [0.717, 1.165) is 55.1 Å². The molecule has 0 aromatic heterocycles. The van der Waals surface area contributed by atoms with Gasteiger partial charge in [-0.05, 0) is 85.0 Å². The second kappa shape index (κ2) is 15.5. The Hall–Kier alpha value is -4.49. The number of benzene rings is 3. The Labute approximate surface area is 262 Å². The van der Waals surface area contributed by atoms with E-state index in [9.17, 15) is 33.2 Å². The van der Waals surface area contributed by atoms with Crippen LogP contribution in [0.1, 0.15) is 66.1 Å². The zero-order valence-electron chi connectivity index (χ0n) is 24.9. The Kier molecular flexibility index (Phi) is 11.5. The molecule has 4 rings (SSSR count). The molecule has 0 heterocycles. The molecule has 45 heavy (non-hydrogen) atoms. The summed E-state index contributed by atoms with van der Waals surface area (Å²) in [6.07, 6.45) is 5.39. The van der Waals surface area contributed by atoms with Gasteiger partial charge in [0.1, 0.15) is 5.75 Å². The number of carbonyl (C=O) groups excluding carboxylic acids is 2. The molecular weight excluding hydrogens is 602 g/mol. The van der Waals surface area contributed by atoms with Crippen molar-refractivity contribution in [1.82, 2.24) is 10.0 Å². The SMILES string of the molecule is CS(=O)(=O)NC(=O)c1ccc(-c2ccc(CCCOC(=O)NC[C@H](O)c3ccc([N+](=O)[O-])cc3)cc2)cc1OC1CCCCC1. The molecule has 3 aromatic carbocycles. The van der Waals surface area contributed by atoms with E-state index in [-0.39, 0.29) is 30.5 Å². The molecule has 1 aliphatic carbocycles. The minimum absolute atomic E-state index is 0.0365. The van der Waals surface area contributed by atoms with Crippen molar-refractivity contribution in [3.8, 4) is 16.9 Å². The molecule has 0 aliphatic heterocycles. The highest BCUT2D eigenvalue weighted by Gasteiger charge is 2.22. The van der Waals surface area contributed by atoms with Crippen LogP contribution in [0, 0.1) is 10.1 Å². The van der Waals surface area contributed by atoms with Crippen molar-refractivity contribution >= 4 is 27.7 Å². The number of nitro groups is 1. The van der Waals surface area contributed by atoms with Crippen molar-refractivity contribution < 1.29 is 37.5 Å². The highest BCUT2D eigenvalue weighted by molar-refractivity contribution is 7.89. The van der Waals surface area contributed by atoms with Gasteiger partial charge in [-0.1, -0.05) is 36.8 Å². The van der Waals surface area contributed by atoms with Crippen molar-refractivity contribution in [3.05, 3.63) is 93.5 Å². The van der Waals surface area contributed by atoms with Crippen LogP contribution >= 0.6 is 0 Å². The van der Waals surface area contributed by atoms with Gasteiger partial charge >= 0.3 is 6.09 Å². The number of sulfonamides is 1. The van der Waals surface area contributed by atoms with Crippen LogP contribution < -0.4 is 14.8 Å². The molecule has 0 saturated heterocycles. The number of nitrogens with one attached hydrogen (secondary N) is 2. The van der Waals surface area contributed by atoms with Gasteiger partial charge in [-0.25, -0.2) is 17.9 Å². The van der Waals surface area contributed by atoms with E-state index in [1.54, 1.807) is 18.2 Å². The van der Waals surface area contributed by atoms with Gasteiger partial charge in [0.15, 0.2) is 0 Å². The smallest absolute Gasteiger partial charge is 0.407 e. The summed E-state index contributed by atoms with van der Waals surface area (Å²) in [4.78, 5) is 35.0. The standard InChI is InChI=1S/C32H37N3O9S/c1-45(41,42)34-31(37)28-18-15-25(20-30(28)44-27-7-3-2-4-8-27)23-11-9-22(10-12-23)6-5-19-43-32(38)33-21-29(36)24-13-16-26(17-14-24)35(39)40/h9-18,20,27,29,36H,2-8,19,21H2,1H3,(H,33,38)(H,34,37)/t29-/m0/s1. The van der Waals surface area contributed by atoms with Crippen molar-refractivity contribution in [2.75, 3.05) is 19.4 Å². The van der Waals surface area contributed by atoms with E-state index < -0.39 is 33.1 Å². The zero-order valence-corrected chi connectivity index (χ0v) is 25.8. The van der Waals surface area contributed by atoms with Crippen LogP contribution in [-0.4, -0.2) is 56.0 Å². The maximum absolute atomic E-state index is 12.7. The summed E-state index contributed by atoms with van der Waals surface area (Å²) in [5.74, 6) is -0.387. The van der Waals surface area contributed by atoms with Crippen LogP contribution in [0.15, 0.2) is 66.7 Å². The van der Waals surface area contributed by atoms with Gasteiger partial charge in [-0.3, -0.25) is 14.9 Å². The van der Waals surface area contributed by atoms with Crippen molar-refractivity contribution in [2.45, 2.75) is 57.2 Å². The largest absolute Gasteiger partial charge is 0.490 e. The third-order valence-corrected chi connectivity index (χ3v) is 7.96. The third kappa shape index (κ3) is 10.3. The molecule has 0 spiro atoms. The van der Waals surface area contributed by atoms with Crippen LogP contribution in [0.5, 0.6) is 5.75 Å². The monoisotopic (exact) mass is 639 g/mol. The lowest BCUT2D eigenvalue weighted by Crippen LogP contribution is -2.30. The molecular formula is C32H37N3O9S. The molecule has 1 atom stereocenters. The molecule has 240 valence electrons. The number of aryl methyl sites for hydroxylation is 1. The molecule has 0 unspecified atom stereocenters. The van der Waals surface area contributed by atoms with Gasteiger partial charge in [0.05, 0.1) is 42.1 Å². The first-order valence-electron chi connectivity index (χ1n) is 14.7. The van der Waals surface area contributed by atoms with E-state index in [2.05, 4.69) is 5.32 Å². The summed E-state index contributed by atoms with van der Waals surface area (Å²) in [6.45, 7) is 0.0644. The van der Waals surface area contributed by atoms with E-state index >= 15 is 0 Å². The highest BCUT2D eigenvalue weighted by Crippen LogP contribution is 2.31. The van der Waals surface area contributed by atoms with Crippen LogP contribution in [0.2, 0.25) is 0 Å². The summed E-state index contributed by atoms with van der Waals surface area (Å²) in [5, 5.41) is 23.4.